The van der Waals surface area contributed by atoms with E-state index in [9.17, 15) is 13.2 Å². The third kappa shape index (κ3) is 3.80. The summed E-state index contributed by atoms with van der Waals surface area (Å²) in [6.45, 7) is 1.92. The predicted molar refractivity (Wildman–Crippen MR) is 79.7 cm³/mol. The SMILES string of the molecule is CCOC(=O)c1ncc(CS(=O)(=O)c2cc(OC)ccn2)s1. The molecule has 0 spiro atoms. The third-order valence-corrected chi connectivity index (χ3v) is 5.31. The molecule has 0 atom stereocenters. The van der Waals surface area contributed by atoms with Crippen molar-refractivity contribution in [3.8, 4) is 5.75 Å². The summed E-state index contributed by atoms with van der Waals surface area (Å²) in [5, 5.41) is 0.0450. The first kappa shape index (κ1) is 16.4. The number of nitrogens with zero attached hydrogens (tertiary/aromatic N) is 2. The average molecular weight is 342 g/mol. The maximum absolute atomic E-state index is 12.3. The van der Waals surface area contributed by atoms with Gasteiger partial charge in [-0.1, -0.05) is 0 Å². The molecular formula is C13H14N2O5S2. The first-order valence-electron chi connectivity index (χ1n) is 6.31. The fourth-order valence-electron chi connectivity index (χ4n) is 1.61. The van der Waals surface area contributed by atoms with Crippen molar-refractivity contribution in [2.75, 3.05) is 13.7 Å². The second-order valence-electron chi connectivity index (χ2n) is 4.15. The van der Waals surface area contributed by atoms with Crippen molar-refractivity contribution in [3.63, 3.8) is 0 Å². The molecule has 2 aromatic rings. The van der Waals surface area contributed by atoms with Crippen LogP contribution in [0.1, 0.15) is 21.6 Å². The molecule has 0 unspecified atom stereocenters. The summed E-state index contributed by atoms with van der Waals surface area (Å²) >= 11 is 0.989. The Bertz CT molecular complexity index is 770. The molecular weight excluding hydrogens is 328 g/mol. The molecule has 0 fully saturated rings. The monoisotopic (exact) mass is 342 g/mol. The summed E-state index contributed by atoms with van der Waals surface area (Å²) in [5.74, 6) is -0.440. The standard InChI is InChI=1S/C13H14N2O5S2/c1-3-20-13(16)12-15-7-10(21-12)8-22(17,18)11-6-9(19-2)4-5-14-11/h4-7H,3,8H2,1-2H3. The summed E-state index contributed by atoms with van der Waals surface area (Å²) in [7, 11) is -2.20. The molecule has 2 heterocycles. The van der Waals surface area contributed by atoms with E-state index < -0.39 is 15.8 Å². The molecule has 0 aliphatic carbocycles. The van der Waals surface area contributed by atoms with Crippen LogP contribution in [0.15, 0.2) is 29.6 Å². The smallest absolute Gasteiger partial charge is 0.367 e. The summed E-state index contributed by atoms with van der Waals surface area (Å²) in [5.41, 5.74) is 0. The van der Waals surface area contributed by atoms with E-state index in [2.05, 4.69) is 9.97 Å². The fourth-order valence-corrected chi connectivity index (χ4v) is 4.03. The average Bonchev–Trinajstić information content (AvgIpc) is 2.95. The lowest BCUT2D eigenvalue weighted by molar-refractivity contribution is 0.0526. The lowest BCUT2D eigenvalue weighted by Crippen LogP contribution is -2.06. The Labute approximate surface area is 131 Å². The van der Waals surface area contributed by atoms with Crippen LogP contribution in [0, 0.1) is 0 Å². The highest BCUT2D eigenvalue weighted by atomic mass is 32.2. The summed E-state index contributed by atoms with van der Waals surface area (Å²) < 4.78 is 34.4. The largest absolute Gasteiger partial charge is 0.497 e. The Balaban J connectivity index is 2.20. The lowest BCUT2D eigenvalue weighted by atomic mass is 10.5. The zero-order chi connectivity index (χ0) is 16.2. The normalized spacial score (nSPS) is 11.2. The van der Waals surface area contributed by atoms with Gasteiger partial charge in [0.15, 0.2) is 5.03 Å². The van der Waals surface area contributed by atoms with Crippen molar-refractivity contribution in [3.05, 3.63) is 34.4 Å². The van der Waals surface area contributed by atoms with Gasteiger partial charge in [0.05, 0.1) is 19.5 Å². The van der Waals surface area contributed by atoms with Gasteiger partial charge in [0.25, 0.3) is 0 Å². The molecule has 0 saturated heterocycles. The number of rotatable bonds is 6. The Kier molecular flexibility index (Phi) is 5.09. The van der Waals surface area contributed by atoms with Gasteiger partial charge in [-0.05, 0) is 13.0 Å². The van der Waals surface area contributed by atoms with Crippen LogP contribution in [0.4, 0.5) is 0 Å². The molecule has 118 valence electrons. The van der Waals surface area contributed by atoms with Crippen molar-refractivity contribution in [2.24, 2.45) is 0 Å². The quantitative estimate of drug-likeness (QED) is 0.737. The maximum atomic E-state index is 12.3. The molecule has 22 heavy (non-hydrogen) atoms. The number of pyridine rings is 1. The summed E-state index contributed by atoms with van der Waals surface area (Å²) in [4.78, 5) is 19.7. The van der Waals surface area contributed by atoms with Gasteiger partial charge in [-0.15, -0.1) is 11.3 Å². The van der Waals surface area contributed by atoms with Crippen molar-refractivity contribution < 1.29 is 22.7 Å². The van der Waals surface area contributed by atoms with Gasteiger partial charge in [-0.2, -0.15) is 0 Å². The number of carbonyl (C=O) groups excluding carboxylic acids is 1. The van der Waals surface area contributed by atoms with E-state index in [0.29, 0.717) is 10.6 Å². The highest BCUT2D eigenvalue weighted by Gasteiger charge is 2.21. The molecule has 0 bridgehead atoms. The van der Waals surface area contributed by atoms with E-state index in [1.54, 1.807) is 13.0 Å². The van der Waals surface area contributed by atoms with Crippen molar-refractivity contribution in [1.82, 2.24) is 9.97 Å². The Morgan fingerprint density at radius 2 is 2.14 bits per heavy atom. The number of hydrogen-bond acceptors (Lipinski definition) is 8. The minimum Gasteiger partial charge on any atom is -0.497 e. The molecule has 2 aromatic heterocycles. The van der Waals surface area contributed by atoms with Crippen molar-refractivity contribution in [1.29, 1.82) is 0 Å². The van der Waals surface area contributed by atoms with Gasteiger partial charge in [0.1, 0.15) is 5.75 Å². The Morgan fingerprint density at radius 1 is 1.36 bits per heavy atom. The lowest BCUT2D eigenvalue weighted by Gasteiger charge is -2.04. The molecule has 0 amide bonds. The van der Waals surface area contributed by atoms with E-state index in [0.717, 1.165) is 11.3 Å². The van der Waals surface area contributed by atoms with Gasteiger partial charge < -0.3 is 9.47 Å². The predicted octanol–water partition coefficient (Wildman–Crippen LogP) is 1.70. The number of hydrogen-bond donors (Lipinski definition) is 0. The van der Waals surface area contributed by atoms with Gasteiger partial charge in [-0.25, -0.2) is 23.2 Å². The molecule has 2 rings (SSSR count). The van der Waals surface area contributed by atoms with E-state index in [-0.39, 0.29) is 22.4 Å². The van der Waals surface area contributed by atoms with E-state index in [1.165, 1.54) is 25.6 Å². The Hall–Kier alpha value is -2.00. The highest BCUT2D eigenvalue weighted by Crippen LogP contribution is 2.22. The van der Waals surface area contributed by atoms with Crippen molar-refractivity contribution in [2.45, 2.75) is 17.7 Å². The molecule has 0 aliphatic rings. The zero-order valence-corrected chi connectivity index (χ0v) is 13.6. The second kappa shape index (κ2) is 6.84. The molecule has 0 N–H and O–H groups in total. The molecule has 0 radical (unpaired) electrons. The maximum Gasteiger partial charge on any atom is 0.367 e. The van der Waals surface area contributed by atoms with Crippen LogP contribution in [0.25, 0.3) is 0 Å². The number of thiazole rings is 1. The first-order valence-corrected chi connectivity index (χ1v) is 8.77. The Morgan fingerprint density at radius 3 is 2.82 bits per heavy atom. The van der Waals surface area contributed by atoms with Gasteiger partial charge in [-0.3, -0.25) is 0 Å². The minimum atomic E-state index is -3.64. The number of carbonyl (C=O) groups is 1. The first-order chi connectivity index (χ1) is 10.5. The van der Waals surface area contributed by atoms with E-state index >= 15 is 0 Å². The fraction of sp³-hybridized carbons (Fsp3) is 0.308. The number of sulfone groups is 1. The number of methoxy groups -OCH3 is 1. The van der Waals surface area contributed by atoms with Crippen LogP contribution in [0.5, 0.6) is 5.75 Å². The molecule has 9 heteroatoms. The molecule has 0 aliphatic heterocycles. The molecule has 0 aromatic carbocycles. The van der Waals surface area contributed by atoms with Crippen LogP contribution in [0.2, 0.25) is 0 Å². The van der Waals surface area contributed by atoms with Crippen LogP contribution >= 0.6 is 11.3 Å². The van der Waals surface area contributed by atoms with Gasteiger partial charge in [0, 0.05) is 23.3 Å². The third-order valence-electron chi connectivity index (χ3n) is 2.60. The van der Waals surface area contributed by atoms with Crippen LogP contribution in [-0.2, 0) is 20.3 Å². The van der Waals surface area contributed by atoms with E-state index in [4.69, 9.17) is 9.47 Å². The van der Waals surface area contributed by atoms with Crippen LogP contribution in [-0.4, -0.2) is 38.1 Å². The topological polar surface area (TPSA) is 95.5 Å². The zero-order valence-electron chi connectivity index (χ0n) is 12.0. The minimum absolute atomic E-state index is 0.0852. The van der Waals surface area contributed by atoms with Gasteiger partial charge >= 0.3 is 5.97 Å². The van der Waals surface area contributed by atoms with Crippen molar-refractivity contribution >= 4 is 27.1 Å². The molecule has 0 saturated carbocycles. The second-order valence-corrected chi connectivity index (χ2v) is 7.20. The summed E-state index contributed by atoms with van der Waals surface area (Å²) in [6, 6.07) is 2.91. The number of esters is 1. The number of aromatic nitrogens is 2. The van der Waals surface area contributed by atoms with Gasteiger partial charge in [0.2, 0.25) is 14.8 Å². The van der Waals surface area contributed by atoms with E-state index in [1.807, 2.05) is 0 Å². The summed E-state index contributed by atoms with van der Waals surface area (Å²) in [6.07, 6.45) is 2.72. The molecule has 7 nitrogen and oxygen atoms in total. The number of ether oxygens (including phenoxy) is 2. The van der Waals surface area contributed by atoms with Crippen LogP contribution < -0.4 is 4.74 Å². The van der Waals surface area contributed by atoms with Crippen LogP contribution in [0.3, 0.4) is 0 Å². The highest BCUT2D eigenvalue weighted by molar-refractivity contribution is 7.90.